The summed E-state index contributed by atoms with van der Waals surface area (Å²) in [6, 6.07) is 11.1. The maximum absolute atomic E-state index is 12.4. The topological polar surface area (TPSA) is 115 Å². The Kier molecular flexibility index (Phi) is 6.99. The van der Waals surface area contributed by atoms with E-state index >= 15 is 0 Å². The number of benzene rings is 1. The second-order valence-electron chi connectivity index (χ2n) is 6.53. The molecular formula is C22H20N2O6S. The van der Waals surface area contributed by atoms with Gasteiger partial charge in [0.25, 0.3) is 5.91 Å². The van der Waals surface area contributed by atoms with E-state index in [2.05, 4.69) is 10.6 Å². The molecular weight excluding hydrogens is 420 g/mol. The molecule has 0 atom stereocenters. The molecule has 0 aliphatic heterocycles. The first-order chi connectivity index (χ1) is 14.9. The lowest BCUT2D eigenvalue weighted by Gasteiger charge is -2.06. The van der Waals surface area contributed by atoms with E-state index in [0.717, 1.165) is 11.3 Å². The first kappa shape index (κ1) is 22.0. The van der Waals surface area contributed by atoms with E-state index < -0.39 is 18.5 Å². The number of anilines is 2. The van der Waals surface area contributed by atoms with E-state index in [-0.39, 0.29) is 17.5 Å². The highest BCUT2D eigenvalue weighted by atomic mass is 32.1. The van der Waals surface area contributed by atoms with Crippen molar-refractivity contribution in [1.29, 1.82) is 0 Å². The van der Waals surface area contributed by atoms with Crippen LogP contribution in [0.1, 0.15) is 49.5 Å². The molecule has 0 bridgehead atoms. The maximum Gasteiger partial charge on any atom is 0.349 e. The summed E-state index contributed by atoms with van der Waals surface area (Å²) in [4.78, 5) is 48.4. The Balaban J connectivity index is 1.56. The molecule has 3 rings (SSSR count). The lowest BCUT2D eigenvalue weighted by molar-refractivity contribution is -0.115. The summed E-state index contributed by atoms with van der Waals surface area (Å²) < 4.78 is 10.2. The van der Waals surface area contributed by atoms with Crippen molar-refractivity contribution in [3.8, 4) is 0 Å². The van der Waals surface area contributed by atoms with E-state index in [4.69, 9.17) is 9.15 Å². The van der Waals surface area contributed by atoms with Crippen LogP contribution in [0.25, 0.3) is 0 Å². The van der Waals surface area contributed by atoms with E-state index in [1.165, 1.54) is 12.3 Å². The highest BCUT2D eigenvalue weighted by Gasteiger charge is 2.19. The second kappa shape index (κ2) is 9.86. The third-order valence-corrected chi connectivity index (χ3v) is 5.36. The van der Waals surface area contributed by atoms with Crippen molar-refractivity contribution in [2.75, 3.05) is 17.2 Å². The molecule has 0 saturated heterocycles. The molecule has 0 aliphatic carbocycles. The average Bonchev–Trinajstić information content (AvgIpc) is 3.42. The fourth-order valence-electron chi connectivity index (χ4n) is 2.60. The van der Waals surface area contributed by atoms with Crippen molar-refractivity contribution in [3.05, 3.63) is 70.5 Å². The molecule has 0 spiro atoms. The van der Waals surface area contributed by atoms with Crippen LogP contribution in [0.2, 0.25) is 0 Å². The molecule has 0 saturated carbocycles. The summed E-state index contributed by atoms with van der Waals surface area (Å²) in [5.74, 6) is -1.43. The minimum atomic E-state index is -0.652. The van der Waals surface area contributed by atoms with Gasteiger partial charge in [-0.3, -0.25) is 14.4 Å². The second-order valence-corrected chi connectivity index (χ2v) is 7.58. The van der Waals surface area contributed by atoms with Crippen molar-refractivity contribution in [1.82, 2.24) is 0 Å². The minimum absolute atomic E-state index is 0.126. The zero-order chi connectivity index (χ0) is 22.4. The Bertz CT molecular complexity index is 1100. The van der Waals surface area contributed by atoms with Crippen molar-refractivity contribution in [2.24, 2.45) is 0 Å². The van der Waals surface area contributed by atoms with Gasteiger partial charge in [-0.05, 0) is 55.0 Å². The highest BCUT2D eigenvalue weighted by molar-refractivity contribution is 7.18. The fraction of sp³-hybridized carbons (Fsp3) is 0.182. The number of ether oxygens (including phenoxy) is 1. The van der Waals surface area contributed by atoms with Gasteiger partial charge in [-0.25, -0.2) is 4.79 Å². The number of amides is 2. The molecule has 1 aromatic carbocycles. The van der Waals surface area contributed by atoms with Crippen LogP contribution in [-0.2, 0) is 9.53 Å². The first-order valence-electron chi connectivity index (χ1n) is 9.43. The number of hydrogen-bond acceptors (Lipinski definition) is 7. The summed E-state index contributed by atoms with van der Waals surface area (Å²) in [6.07, 6.45) is 1.75. The van der Waals surface area contributed by atoms with Gasteiger partial charge in [0.2, 0.25) is 5.91 Å². The molecule has 2 heterocycles. The summed E-state index contributed by atoms with van der Waals surface area (Å²) in [5, 5.41) is 5.81. The van der Waals surface area contributed by atoms with Crippen molar-refractivity contribution >= 4 is 45.6 Å². The number of carbonyl (C=O) groups excluding carboxylic acids is 4. The van der Waals surface area contributed by atoms with Crippen molar-refractivity contribution in [2.45, 2.75) is 20.3 Å². The smallest absolute Gasteiger partial charge is 0.349 e. The molecule has 0 aliphatic rings. The Labute approximate surface area is 182 Å². The molecule has 0 unspecified atom stereocenters. The molecule has 3 aromatic rings. The fourth-order valence-corrected chi connectivity index (χ4v) is 3.56. The van der Waals surface area contributed by atoms with E-state index in [9.17, 15) is 19.2 Å². The molecule has 8 nitrogen and oxygen atoms in total. The maximum atomic E-state index is 12.4. The van der Waals surface area contributed by atoms with Gasteiger partial charge in [0.05, 0.1) is 11.3 Å². The highest BCUT2D eigenvalue weighted by Crippen LogP contribution is 2.28. The van der Waals surface area contributed by atoms with Crippen molar-refractivity contribution in [3.63, 3.8) is 0 Å². The molecule has 9 heteroatoms. The summed E-state index contributed by atoms with van der Waals surface area (Å²) in [7, 11) is 0. The lowest BCUT2D eigenvalue weighted by Crippen LogP contribution is -2.14. The average molecular weight is 440 g/mol. The molecule has 2 amide bonds. The quantitative estimate of drug-likeness (QED) is 0.399. The van der Waals surface area contributed by atoms with Crippen LogP contribution in [0.4, 0.5) is 10.7 Å². The summed E-state index contributed by atoms with van der Waals surface area (Å²) in [6.45, 7) is 3.03. The van der Waals surface area contributed by atoms with Crippen LogP contribution >= 0.6 is 11.3 Å². The molecule has 31 heavy (non-hydrogen) atoms. The summed E-state index contributed by atoms with van der Waals surface area (Å²) >= 11 is 1.05. The van der Waals surface area contributed by atoms with Gasteiger partial charge in [-0.1, -0.05) is 6.92 Å². The van der Waals surface area contributed by atoms with E-state index in [0.29, 0.717) is 33.1 Å². The number of esters is 1. The number of rotatable bonds is 8. The Hall–Kier alpha value is -3.72. The molecule has 2 aromatic heterocycles. The minimum Gasteiger partial charge on any atom is -0.459 e. The van der Waals surface area contributed by atoms with Crippen LogP contribution in [0.15, 0.2) is 53.1 Å². The van der Waals surface area contributed by atoms with Gasteiger partial charge in [0, 0.05) is 17.7 Å². The molecule has 0 fully saturated rings. The van der Waals surface area contributed by atoms with Gasteiger partial charge in [-0.2, -0.15) is 0 Å². The van der Waals surface area contributed by atoms with Crippen molar-refractivity contribution < 1.29 is 28.3 Å². The number of nitrogens with one attached hydrogen (secondary N) is 2. The number of carbonyl (C=O) groups is 4. The van der Waals surface area contributed by atoms with Gasteiger partial charge >= 0.3 is 5.97 Å². The molecule has 2 N–H and O–H groups in total. The number of furan rings is 1. The van der Waals surface area contributed by atoms with Gasteiger partial charge in [0.15, 0.2) is 18.2 Å². The lowest BCUT2D eigenvalue weighted by atomic mass is 10.1. The van der Waals surface area contributed by atoms with E-state index in [1.54, 1.807) is 50.2 Å². The first-order valence-corrected chi connectivity index (χ1v) is 10.2. The molecule has 160 valence electrons. The standard InChI is InChI=1S/C22H20N2O6S/c1-3-18(26)23-15-8-6-14(7-9-15)16(25)12-30-22(28)20-13(2)11-19(31-20)24-21(27)17-5-4-10-29-17/h4-11H,3,12H2,1-2H3,(H,23,26)(H,24,27). The monoisotopic (exact) mass is 440 g/mol. The van der Waals surface area contributed by atoms with Gasteiger partial charge in [-0.15, -0.1) is 11.3 Å². The van der Waals surface area contributed by atoms with Crippen LogP contribution in [0.3, 0.4) is 0 Å². The molecule has 0 radical (unpaired) electrons. The summed E-state index contributed by atoms with van der Waals surface area (Å²) in [5.41, 5.74) is 1.56. The van der Waals surface area contributed by atoms with E-state index in [1.807, 2.05) is 0 Å². The largest absolute Gasteiger partial charge is 0.459 e. The zero-order valence-corrected chi connectivity index (χ0v) is 17.7. The third-order valence-electron chi connectivity index (χ3n) is 4.23. The van der Waals surface area contributed by atoms with Gasteiger partial charge in [0.1, 0.15) is 4.88 Å². The Morgan fingerprint density at radius 2 is 1.81 bits per heavy atom. The predicted molar refractivity (Wildman–Crippen MR) is 116 cm³/mol. The van der Waals surface area contributed by atoms with Crippen LogP contribution in [-0.4, -0.2) is 30.2 Å². The Morgan fingerprint density at radius 3 is 2.45 bits per heavy atom. The zero-order valence-electron chi connectivity index (χ0n) is 16.9. The number of thiophene rings is 1. The van der Waals surface area contributed by atoms with Gasteiger partial charge < -0.3 is 19.8 Å². The third kappa shape index (κ3) is 5.67. The number of hydrogen-bond donors (Lipinski definition) is 2. The number of Topliss-reactive ketones (excluding diaryl/α,β-unsaturated/α-hetero) is 1. The normalized spacial score (nSPS) is 10.4. The van der Waals surface area contributed by atoms with Crippen LogP contribution in [0, 0.1) is 6.92 Å². The van der Waals surface area contributed by atoms with Crippen LogP contribution in [0.5, 0.6) is 0 Å². The number of ketones is 1. The Morgan fingerprint density at radius 1 is 1.06 bits per heavy atom. The predicted octanol–water partition coefficient (Wildman–Crippen LogP) is 4.29. The SMILES string of the molecule is CCC(=O)Nc1ccc(C(=O)COC(=O)c2sc(NC(=O)c3ccco3)cc2C)cc1. The number of aryl methyl sites for hydroxylation is 1. The van der Waals surface area contributed by atoms with Crippen LogP contribution < -0.4 is 10.6 Å².